The zero-order valence-corrected chi connectivity index (χ0v) is 22.9. The average Bonchev–Trinajstić information content (AvgIpc) is 2.78. The summed E-state index contributed by atoms with van der Waals surface area (Å²) < 4.78 is 19.4. The summed E-state index contributed by atoms with van der Waals surface area (Å²) in [6.45, 7) is 5.28. The summed E-state index contributed by atoms with van der Waals surface area (Å²) in [5, 5.41) is 4.80. The molecule has 0 aliphatic rings. The molecule has 2 aromatic carbocycles. The fourth-order valence-corrected chi connectivity index (χ4v) is 4.24. The van der Waals surface area contributed by atoms with Gasteiger partial charge in [0, 0.05) is 14.5 Å². The topological polar surface area (TPSA) is 92.0 Å². The fourth-order valence-electron chi connectivity index (χ4n) is 2.96. The van der Waals surface area contributed by atoms with E-state index in [0.29, 0.717) is 42.7 Å². The van der Waals surface area contributed by atoms with Gasteiger partial charge in [0.15, 0.2) is 17.6 Å². The Morgan fingerprint density at radius 2 is 1.97 bits per heavy atom. The minimum absolute atomic E-state index is 0.253. The standard InChI is InChI=1S/C22H20Br3N3O5/c1-5-32-22(30)11(2)33-20-17(31-4)8-13(18(24)19(20)25)10-26-28-12(3)27-16-7-6-14(23)9-15(16)21(28)29/h6-11H,5H2,1-4H3/t11-/m0/s1. The normalized spacial score (nSPS) is 12.2. The quantitative estimate of drug-likeness (QED) is 0.259. The summed E-state index contributed by atoms with van der Waals surface area (Å²) in [6.07, 6.45) is 0.668. The number of methoxy groups -OCH3 is 1. The second-order valence-corrected chi connectivity index (χ2v) is 9.32. The summed E-state index contributed by atoms with van der Waals surface area (Å²) in [4.78, 5) is 29.4. The van der Waals surface area contributed by atoms with Gasteiger partial charge in [0.1, 0.15) is 5.82 Å². The largest absolute Gasteiger partial charge is 0.493 e. The minimum atomic E-state index is -0.842. The Morgan fingerprint density at radius 1 is 1.24 bits per heavy atom. The lowest BCUT2D eigenvalue weighted by atomic mass is 10.2. The first kappa shape index (κ1) is 25.4. The van der Waals surface area contributed by atoms with E-state index in [1.807, 2.05) is 6.07 Å². The van der Waals surface area contributed by atoms with Gasteiger partial charge in [-0.1, -0.05) is 15.9 Å². The van der Waals surface area contributed by atoms with E-state index in [4.69, 9.17) is 14.2 Å². The van der Waals surface area contributed by atoms with Crippen molar-refractivity contribution in [2.75, 3.05) is 13.7 Å². The molecule has 3 aromatic rings. The molecular formula is C22H20Br3N3O5. The van der Waals surface area contributed by atoms with Crippen LogP contribution in [-0.4, -0.2) is 41.7 Å². The molecule has 0 fully saturated rings. The smallest absolute Gasteiger partial charge is 0.347 e. The summed E-state index contributed by atoms with van der Waals surface area (Å²) in [5.41, 5.74) is 0.908. The third-order valence-corrected chi connectivity index (χ3v) is 7.21. The van der Waals surface area contributed by atoms with Crippen molar-refractivity contribution in [2.45, 2.75) is 26.9 Å². The van der Waals surface area contributed by atoms with Crippen molar-refractivity contribution >= 4 is 70.9 Å². The Balaban J connectivity index is 2.02. The van der Waals surface area contributed by atoms with Gasteiger partial charge in [-0.2, -0.15) is 9.78 Å². The number of carbonyl (C=O) groups is 1. The van der Waals surface area contributed by atoms with Crippen LogP contribution in [0.15, 0.2) is 47.6 Å². The van der Waals surface area contributed by atoms with Crippen LogP contribution in [0.2, 0.25) is 0 Å². The van der Waals surface area contributed by atoms with Crippen LogP contribution < -0.4 is 15.0 Å². The highest BCUT2D eigenvalue weighted by atomic mass is 79.9. The second kappa shape index (κ2) is 10.8. The van der Waals surface area contributed by atoms with Crippen molar-refractivity contribution in [3.63, 3.8) is 0 Å². The predicted octanol–water partition coefficient (Wildman–Crippen LogP) is 5.21. The predicted molar refractivity (Wildman–Crippen MR) is 137 cm³/mol. The van der Waals surface area contributed by atoms with Crippen LogP contribution >= 0.6 is 47.8 Å². The summed E-state index contributed by atoms with van der Waals surface area (Å²) in [7, 11) is 1.48. The number of carbonyl (C=O) groups excluding carboxylic acids is 1. The lowest BCUT2D eigenvalue weighted by molar-refractivity contribution is -0.150. The van der Waals surface area contributed by atoms with Gasteiger partial charge in [0.05, 0.1) is 35.3 Å². The molecule has 8 nitrogen and oxygen atoms in total. The highest BCUT2D eigenvalue weighted by Gasteiger charge is 2.23. The molecule has 0 amide bonds. The third-order valence-electron chi connectivity index (χ3n) is 4.57. The van der Waals surface area contributed by atoms with E-state index in [2.05, 4.69) is 57.9 Å². The molecule has 0 saturated carbocycles. The molecule has 11 heteroatoms. The lowest BCUT2D eigenvalue weighted by Crippen LogP contribution is -2.26. The van der Waals surface area contributed by atoms with Gasteiger partial charge < -0.3 is 14.2 Å². The summed E-state index contributed by atoms with van der Waals surface area (Å²) in [5.74, 6) is 0.648. The monoisotopic (exact) mass is 643 g/mol. The number of esters is 1. The molecule has 1 heterocycles. The minimum Gasteiger partial charge on any atom is -0.493 e. The number of hydrogen-bond donors (Lipinski definition) is 0. The van der Waals surface area contributed by atoms with Gasteiger partial charge in [0.25, 0.3) is 5.56 Å². The van der Waals surface area contributed by atoms with Crippen molar-refractivity contribution in [2.24, 2.45) is 5.10 Å². The Kier molecular flexibility index (Phi) is 8.30. The molecule has 33 heavy (non-hydrogen) atoms. The van der Waals surface area contributed by atoms with E-state index in [0.717, 1.165) is 4.47 Å². The van der Waals surface area contributed by atoms with Crippen LogP contribution in [0.1, 0.15) is 25.2 Å². The number of halogens is 3. The van der Waals surface area contributed by atoms with Crippen molar-refractivity contribution in [3.8, 4) is 11.5 Å². The molecule has 0 spiro atoms. The highest BCUT2D eigenvalue weighted by Crippen LogP contribution is 2.42. The maximum Gasteiger partial charge on any atom is 0.347 e. The Morgan fingerprint density at radius 3 is 2.64 bits per heavy atom. The van der Waals surface area contributed by atoms with Crippen LogP contribution in [-0.2, 0) is 9.53 Å². The van der Waals surface area contributed by atoms with Gasteiger partial charge in [-0.05, 0) is 76.9 Å². The number of aryl methyl sites for hydroxylation is 1. The average molecular weight is 646 g/mol. The molecule has 0 aliphatic heterocycles. The number of hydrogen-bond acceptors (Lipinski definition) is 7. The van der Waals surface area contributed by atoms with Crippen LogP contribution in [0.25, 0.3) is 10.9 Å². The number of rotatable bonds is 7. The number of ether oxygens (including phenoxy) is 3. The molecule has 0 saturated heterocycles. The zero-order valence-electron chi connectivity index (χ0n) is 18.2. The SMILES string of the molecule is CCOC(=O)[C@H](C)Oc1c(OC)cc(C=Nn2c(C)nc3ccc(Br)cc3c2=O)c(Br)c1Br. The molecule has 0 unspecified atom stereocenters. The van der Waals surface area contributed by atoms with Gasteiger partial charge in [-0.3, -0.25) is 4.79 Å². The molecule has 3 rings (SSSR count). The maximum absolute atomic E-state index is 13.0. The fraction of sp³-hybridized carbons (Fsp3) is 0.273. The van der Waals surface area contributed by atoms with Gasteiger partial charge >= 0.3 is 5.97 Å². The first-order valence-electron chi connectivity index (χ1n) is 9.80. The van der Waals surface area contributed by atoms with E-state index >= 15 is 0 Å². The molecule has 0 bridgehead atoms. The zero-order chi connectivity index (χ0) is 24.3. The Hall–Kier alpha value is -2.24. The molecule has 1 aromatic heterocycles. The molecule has 0 aliphatic carbocycles. The summed E-state index contributed by atoms with van der Waals surface area (Å²) >= 11 is 10.4. The summed E-state index contributed by atoms with van der Waals surface area (Å²) in [6, 6.07) is 6.99. The van der Waals surface area contributed by atoms with E-state index < -0.39 is 12.1 Å². The number of nitrogens with zero attached hydrogens (tertiary/aromatic N) is 3. The highest BCUT2D eigenvalue weighted by molar-refractivity contribution is 9.13. The van der Waals surface area contributed by atoms with E-state index in [-0.39, 0.29) is 12.2 Å². The molecule has 0 N–H and O–H groups in total. The van der Waals surface area contributed by atoms with Crippen molar-refractivity contribution < 1.29 is 19.0 Å². The Bertz CT molecular complexity index is 1310. The third kappa shape index (κ3) is 5.47. The lowest BCUT2D eigenvalue weighted by Gasteiger charge is -2.18. The molecular weight excluding hydrogens is 626 g/mol. The van der Waals surface area contributed by atoms with E-state index in [1.165, 1.54) is 18.0 Å². The van der Waals surface area contributed by atoms with Gasteiger partial charge in [-0.15, -0.1) is 0 Å². The first-order chi connectivity index (χ1) is 15.7. The van der Waals surface area contributed by atoms with Crippen molar-refractivity contribution in [1.29, 1.82) is 0 Å². The van der Waals surface area contributed by atoms with Crippen LogP contribution in [0.5, 0.6) is 11.5 Å². The van der Waals surface area contributed by atoms with Crippen LogP contribution in [0.3, 0.4) is 0 Å². The Labute approximate surface area is 215 Å². The maximum atomic E-state index is 13.0. The second-order valence-electron chi connectivity index (χ2n) is 6.82. The van der Waals surface area contributed by atoms with E-state index in [9.17, 15) is 9.59 Å². The van der Waals surface area contributed by atoms with Crippen LogP contribution in [0, 0.1) is 6.92 Å². The van der Waals surface area contributed by atoms with E-state index in [1.54, 1.807) is 39.0 Å². The number of aromatic nitrogens is 2. The first-order valence-corrected chi connectivity index (χ1v) is 12.2. The molecule has 1 atom stereocenters. The van der Waals surface area contributed by atoms with Crippen molar-refractivity contribution in [1.82, 2.24) is 9.66 Å². The number of benzene rings is 2. The van der Waals surface area contributed by atoms with Gasteiger partial charge in [-0.25, -0.2) is 9.78 Å². The molecule has 0 radical (unpaired) electrons. The van der Waals surface area contributed by atoms with Crippen LogP contribution in [0.4, 0.5) is 0 Å². The molecule has 174 valence electrons. The number of fused-ring (bicyclic) bond motifs is 1. The van der Waals surface area contributed by atoms with Gasteiger partial charge in [0.2, 0.25) is 0 Å². The van der Waals surface area contributed by atoms with Crippen molar-refractivity contribution in [3.05, 3.63) is 59.4 Å².